The molecular weight excluding hydrogens is 236 g/mol. The van der Waals surface area contributed by atoms with Crippen LogP contribution in [-0.2, 0) is 9.84 Å². The van der Waals surface area contributed by atoms with E-state index in [1.54, 1.807) is 13.8 Å². The molecule has 1 aliphatic carbocycles. The van der Waals surface area contributed by atoms with Crippen molar-refractivity contribution in [3.63, 3.8) is 0 Å². The van der Waals surface area contributed by atoms with Crippen LogP contribution in [0.3, 0.4) is 0 Å². The van der Waals surface area contributed by atoms with Crippen LogP contribution in [0.5, 0.6) is 0 Å². The zero-order valence-electron chi connectivity index (χ0n) is 11.2. The van der Waals surface area contributed by atoms with Crippen LogP contribution in [0.4, 0.5) is 0 Å². The second-order valence-corrected chi connectivity index (χ2v) is 8.14. The molecule has 1 aliphatic rings. The van der Waals surface area contributed by atoms with Gasteiger partial charge in [-0.1, -0.05) is 0 Å². The Kier molecular flexibility index (Phi) is 5.41. The third kappa shape index (κ3) is 4.56. The van der Waals surface area contributed by atoms with E-state index in [1.807, 2.05) is 7.05 Å². The van der Waals surface area contributed by atoms with Crippen molar-refractivity contribution < 1.29 is 8.42 Å². The first-order chi connectivity index (χ1) is 7.83. The Morgan fingerprint density at radius 1 is 1.24 bits per heavy atom. The normalized spacial score (nSPS) is 26.7. The molecule has 0 radical (unpaired) electrons. The summed E-state index contributed by atoms with van der Waals surface area (Å²) in [6.45, 7) is 4.13. The standard InChI is InChI=1S/C12H26N2O2S/c1-10(2)17(15,16)9-8-14(3)12-6-4-11(13)5-7-12/h10-12H,4-9,13H2,1-3H3. The van der Waals surface area contributed by atoms with E-state index in [2.05, 4.69) is 4.90 Å². The zero-order valence-corrected chi connectivity index (χ0v) is 12.0. The quantitative estimate of drug-likeness (QED) is 0.803. The van der Waals surface area contributed by atoms with E-state index in [-0.39, 0.29) is 11.0 Å². The molecule has 0 saturated heterocycles. The molecule has 1 saturated carbocycles. The highest BCUT2D eigenvalue weighted by Gasteiger charge is 2.23. The largest absolute Gasteiger partial charge is 0.328 e. The van der Waals surface area contributed by atoms with Gasteiger partial charge < -0.3 is 10.6 Å². The summed E-state index contributed by atoms with van der Waals surface area (Å²) in [4.78, 5) is 2.19. The fourth-order valence-electron chi connectivity index (χ4n) is 2.23. The van der Waals surface area contributed by atoms with E-state index in [1.165, 1.54) is 0 Å². The number of nitrogens with two attached hydrogens (primary N) is 1. The molecule has 0 unspecified atom stereocenters. The predicted molar refractivity (Wildman–Crippen MR) is 71.8 cm³/mol. The zero-order chi connectivity index (χ0) is 13.1. The first-order valence-corrected chi connectivity index (χ1v) is 8.22. The third-order valence-electron chi connectivity index (χ3n) is 3.81. The average molecular weight is 262 g/mol. The minimum absolute atomic E-state index is 0.268. The van der Waals surface area contributed by atoms with Crippen LogP contribution in [-0.4, -0.2) is 50.0 Å². The van der Waals surface area contributed by atoms with Crippen molar-refractivity contribution in [3.8, 4) is 0 Å². The molecule has 17 heavy (non-hydrogen) atoms. The monoisotopic (exact) mass is 262 g/mol. The smallest absolute Gasteiger partial charge is 0.153 e. The number of rotatable bonds is 5. The van der Waals surface area contributed by atoms with Gasteiger partial charge in [0.2, 0.25) is 0 Å². The Morgan fingerprint density at radius 2 is 1.76 bits per heavy atom. The summed E-state index contributed by atoms with van der Waals surface area (Å²) in [6.07, 6.45) is 4.32. The van der Waals surface area contributed by atoms with E-state index in [9.17, 15) is 8.42 Å². The number of hydrogen-bond acceptors (Lipinski definition) is 4. The minimum Gasteiger partial charge on any atom is -0.328 e. The Bertz CT molecular complexity index is 319. The second-order valence-electron chi connectivity index (χ2n) is 5.46. The van der Waals surface area contributed by atoms with Crippen LogP contribution in [0.25, 0.3) is 0 Å². The van der Waals surface area contributed by atoms with Crippen LogP contribution < -0.4 is 5.73 Å². The Morgan fingerprint density at radius 3 is 2.24 bits per heavy atom. The molecule has 0 atom stereocenters. The molecule has 5 heteroatoms. The van der Waals surface area contributed by atoms with E-state index in [0.717, 1.165) is 25.7 Å². The number of sulfone groups is 1. The van der Waals surface area contributed by atoms with Gasteiger partial charge in [0.25, 0.3) is 0 Å². The van der Waals surface area contributed by atoms with Crippen LogP contribution in [0.2, 0.25) is 0 Å². The van der Waals surface area contributed by atoms with Gasteiger partial charge in [0.05, 0.1) is 11.0 Å². The van der Waals surface area contributed by atoms with Gasteiger partial charge in [0.1, 0.15) is 0 Å². The molecular formula is C12H26N2O2S. The SMILES string of the molecule is CC(C)S(=O)(=O)CCN(C)C1CCC(N)CC1. The van der Waals surface area contributed by atoms with Crippen molar-refractivity contribution in [2.75, 3.05) is 19.3 Å². The van der Waals surface area contributed by atoms with Gasteiger partial charge in [-0.2, -0.15) is 0 Å². The van der Waals surface area contributed by atoms with Crippen LogP contribution in [0.1, 0.15) is 39.5 Å². The van der Waals surface area contributed by atoms with Gasteiger partial charge in [0.15, 0.2) is 9.84 Å². The second kappa shape index (κ2) is 6.16. The van der Waals surface area contributed by atoms with Gasteiger partial charge in [-0.05, 0) is 46.6 Å². The van der Waals surface area contributed by atoms with Gasteiger partial charge in [-0.25, -0.2) is 8.42 Å². The van der Waals surface area contributed by atoms with Crippen molar-refractivity contribution in [1.29, 1.82) is 0 Å². The summed E-state index contributed by atoms with van der Waals surface area (Å²) in [5.74, 6) is 0.268. The summed E-state index contributed by atoms with van der Waals surface area (Å²) in [7, 11) is -0.884. The van der Waals surface area contributed by atoms with Crippen LogP contribution in [0, 0.1) is 0 Å². The molecule has 0 aromatic rings. The van der Waals surface area contributed by atoms with E-state index in [4.69, 9.17) is 5.73 Å². The van der Waals surface area contributed by atoms with Crippen molar-refractivity contribution in [1.82, 2.24) is 4.90 Å². The summed E-state index contributed by atoms with van der Waals surface area (Å²) >= 11 is 0. The summed E-state index contributed by atoms with van der Waals surface area (Å²) in [6, 6.07) is 0.858. The Hall–Kier alpha value is -0.130. The molecule has 0 heterocycles. The van der Waals surface area contributed by atoms with E-state index in [0.29, 0.717) is 18.6 Å². The molecule has 1 fully saturated rings. The van der Waals surface area contributed by atoms with Gasteiger partial charge >= 0.3 is 0 Å². The van der Waals surface area contributed by atoms with E-state index < -0.39 is 9.84 Å². The maximum Gasteiger partial charge on any atom is 0.153 e. The lowest BCUT2D eigenvalue weighted by molar-refractivity contribution is 0.191. The molecule has 102 valence electrons. The lowest BCUT2D eigenvalue weighted by Crippen LogP contribution is -2.41. The van der Waals surface area contributed by atoms with E-state index >= 15 is 0 Å². The van der Waals surface area contributed by atoms with Crippen LogP contribution >= 0.6 is 0 Å². The first-order valence-electron chi connectivity index (χ1n) is 6.50. The molecule has 0 aliphatic heterocycles. The van der Waals surface area contributed by atoms with Crippen molar-refractivity contribution >= 4 is 9.84 Å². The molecule has 4 nitrogen and oxygen atoms in total. The topological polar surface area (TPSA) is 63.4 Å². The lowest BCUT2D eigenvalue weighted by Gasteiger charge is -2.33. The molecule has 0 bridgehead atoms. The highest BCUT2D eigenvalue weighted by atomic mass is 32.2. The third-order valence-corrected chi connectivity index (χ3v) is 6.00. The maximum absolute atomic E-state index is 11.7. The Labute approximate surface area is 105 Å². The number of nitrogens with zero attached hydrogens (tertiary/aromatic N) is 1. The predicted octanol–water partition coefficient (Wildman–Crippen LogP) is 1.01. The fraction of sp³-hybridized carbons (Fsp3) is 1.00. The highest BCUT2D eigenvalue weighted by molar-refractivity contribution is 7.92. The Balaban J connectivity index is 2.37. The summed E-state index contributed by atoms with van der Waals surface area (Å²) in [5, 5.41) is -0.268. The van der Waals surface area contributed by atoms with Crippen molar-refractivity contribution in [2.24, 2.45) is 5.73 Å². The molecule has 0 spiro atoms. The van der Waals surface area contributed by atoms with Crippen LogP contribution in [0.15, 0.2) is 0 Å². The maximum atomic E-state index is 11.7. The minimum atomic E-state index is -2.91. The van der Waals surface area contributed by atoms with Crippen molar-refractivity contribution in [3.05, 3.63) is 0 Å². The molecule has 1 rings (SSSR count). The van der Waals surface area contributed by atoms with Gasteiger partial charge in [-0.15, -0.1) is 0 Å². The van der Waals surface area contributed by atoms with Gasteiger partial charge in [-0.3, -0.25) is 0 Å². The van der Waals surface area contributed by atoms with Gasteiger partial charge in [0, 0.05) is 18.6 Å². The first kappa shape index (κ1) is 14.9. The lowest BCUT2D eigenvalue weighted by atomic mass is 9.91. The average Bonchev–Trinajstić information content (AvgIpc) is 2.27. The summed E-state index contributed by atoms with van der Waals surface area (Å²) < 4.78 is 23.4. The highest BCUT2D eigenvalue weighted by Crippen LogP contribution is 2.21. The fourth-order valence-corrected chi connectivity index (χ4v) is 3.25. The molecule has 2 N–H and O–H groups in total. The summed E-state index contributed by atoms with van der Waals surface area (Å²) in [5.41, 5.74) is 5.87. The molecule has 0 aromatic carbocycles. The van der Waals surface area contributed by atoms with Crippen molar-refractivity contribution in [2.45, 2.75) is 56.9 Å². The molecule has 0 amide bonds. The molecule has 0 aromatic heterocycles. The number of hydrogen-bond donors (Lipinski definition) is 1.